The van der Waals surface area contributed by atoms with Gasteiger partial charge in [0.25, 0.3) is 0 Å². The van der Waals surface area contributed by atoms with Crippen molar-refractivity contribution in [2.24, 2.45) is 5.11 Å². The van der Waals surface area contributed by atoms with Crippen LogP contribution in [-0.4, -0.2) is 6.73 Å². The normalized spacial score (nSPS) is 6.56. The van der Waals surface area contributed by atoms with Gasteiger partial charge in [-0.15, -0.1) is 0 Å². The fourth-order valence-electron chi connectivity index (χ4n) is 0.0258. The Morgan fingerprint density at radius 2 is 1.89 bits per heavy atom. The minimum atomic E-state index is -0.698. The topological polar surface area (TPSA) is 68.7 Å². The van der Waals surface area contributed by atoms with E-state index in [0.717, 1.165) is 0 Å². The second kappa shape index (κ2) is 15.7. The number of rotatable bonds is 2. The molecule has 0 aromatic rings. The van der Waals surface area contributed by atoms with E-state index in [1.165, 1.54) is 12.8 Å². The molecule has 0 fully saturated rings. The van der Waals surface area contributed by atoms with Crippen molar-refractivity contribution >= 4 is 0 Å². The van der Waals surface area contributed by atoms with Gasteiger partial charge >= 0.3 is 0 Å². The van der Waals surface area contributed by atoms with Crippen LogP contribution >= 0.6 is 0 Å². The molecule has 1 radical (unpaired) electrons. The second-order valence-corrected chi connectivity index (χ2v) is 1.36. The molecule has 0 aromatic carbocycles. The molecule has 0 bridgehead atoms. The van der Waals surface area contributed by atoms with Crippen LogP contribution < -0.4 is 0 Å². The van der Waals surface area contributed by atoms with Gasteiger partial charge in [-0.2, -0.15) is 0 Å². The Morgan fingerprint density at radius 1 is 1.44 bits per heavy atom. The first-order valence-electron chi connectivity index (χ1n) is 2.92. The summed E-state index contributed by atoms with van der Waals surface area (Å²) in [5.74, 6) is 0. The van der Waals surface area contributed by atoms with Gasteiger partial charge in [0.05, 0.1) is 0 Å². The Labute approximate surface area is 55.1 Å². The van der Waals surface area contributed by atoms with Crippen LogP contribution in [-0.2, 0) is 5.11 Å². The van der Waals surface area contributed by atoms with Crippen molar-refractivity contribution < 1.29 is 5.11 Å². The molecule has 0 rings (SSSR count). The van der Waals surface area contributed by atoms with Crippen LogP contribution in [0.3, 0.4) is 0 Å². The largest absolute Gasteiger partial charge is 0.230 e. The van der Waals surface area contributed by atoms with E-state index in [1.54, 1.807) is 0 Å². The molecule has 4 nitrogen and oxygen atoms in total. The molecule has 0 unspecified atom stereocenters. The molecule has 0 aliphatic heterocycles. The van der Waals surface area contributed by atoms with E-state index in [4.69, 9.17) is 10.6 Å². The van der Waals surface area contributed by atoms with Crippen molar-refractivity contribution in [3.8, 4) is 0 Å². The SMILES string of the molecule is CCCC.[N-]=[N+]=NC[O]. The lowest BCUT2D eigenvalue weighted by Gasteiger charge is -1.68. The molecule has 0 aromatic heterocycles. The Hall–Kier alpha value is -0.730. The maximum absolute atomic E-state index is 9.11. The van der Waals surface area contributed by atoms with Crippen LogP contribution in [0, 0.1) is 0 Å². The molecular formula is C5H12N3O. The zero-order chi connectivity index (χ0) is 7.54. The molecule has 9 heavy (non-hydrogen) atoms. The summed E-state index contributed by atoms with van der Waals surface area (Å²) in [6.45, 7) is 3.66. The highest BCUT2D eigenvalue weighted by molar-refractivity contribution is 4.32. The quantitative estimate of drug-likeness (QED) is 0.313. The van der Waals surface area contributed by atoms with E-state index in [1.807, 2.05) is 0 Å². The number of hydrogen-bond acceptors (Lipinski definition) is 1. The molecule has 0 amide bonds. The average molecular weight is 130 g/mol. The smallest absolute Gasteiger partial charge is 0.161 e. The predicted molar refractivity (Wildman–Crippen MR) is 35.3 cm³/mol. The zero-order valence-electron chi connectivity index (χ0n) is 5.87. The molecule has 4 heteroatoms. The molecule has 0 heterocycles. The van der Waals surface area contributed by atoms with Crippen LogP contribution in [0.25, 0.3) is 10.4 Å². The van der Waals surface area contributed by atoms with Crippen molar-refractivity contribution in [3.05, 3.63) is 10.4 Å². The van der Waals surface area contributed by atoms with Crippen LogP contribution in [0.15, 0.2) is 5.11 Å². The third-order valence-electron chi connectivity index (χ3n) is 0.621. The van der Waals surface area contributed by atoms with Crippen LogP contribution in [0.2, 0.25) is 0 Å². The summed E-state index contributed by atoms with van der Waals surface area (Å²) in [4.78, 5) is 2.17. The molecule has 0 aliphatic rings. The molecule has 0 aliphatic carbocycles. The molecule has 0 spiro atoms. The van der Waals surface area contributed by atoms with Crippen molar-refractivity contribution in [1.82, 2.24) is 0 Å². The highest BCUT2D eigenvalue weighted by atomic mass is 16.3. The van der Waals surface area contributed by atoms with Gasteiger partial charge < -0.3 is 0 Å². The lowest BCUT2D eigenvalue weighted by atomic mass is 10.4. The van der Waals surface area contributed by atoms with Gasteiger partial charge in [-0.3, -0.25) is 0 Å². The first-order chi connectivity index (χ1) is 4.33. The van der Waals surface area contributed by atoms with Crippen LogP contribution in [0.5, 0.6) is 0 Å². The van der Waals surface area contributed by atoms with E-state index in [-0.39, 0.29) is 0 Å². The lowest BCUT2D eigenvalue weighted by Crippen LogP contribution is -1.58. The Bertz CT molecular complexity index is 76.3. The standard InChI is InChI=1S/C4H10.CH2N3O/c1-3-4-2;2-4-3-1-5/h3-4H2,1-2H3;1H2. The van der Waals surface area contributed by atoms with Crippen molar-refractivity contribution in [1.29, 1.82) is 0 Å². The summed E-state index contributed by atoms with van der Waals surface area (Å²) in [5.41, 5.74) is 7.32. The van der Waals surface area contributed by atoms with Gasteiger partial charge in [0, 0.05) is 4.91 Å². The van der Waals surface area contributed by atoms with Gasteiger partial charge in [-0.1, -0.05) is 31.8 Å². The number of nitrogens with zero attached hydrogens (tertiary/aromatic N) is 3. The summed E-state index contributed by atoms with van der Waals surface area (Å²) in [6, 6.07) is 0. The summed E-state index contributed by atoms with van der Waals surface area (Å²) in [6.07, 6.45) is 2.64. The summed E-state index contributed by atoms with van der Waals surface area (Å²) in [7, 11) is 0. The van der Waals surface area contributed by atoms with E-state index in [2.05, 4.69) is 23.9 Å². The predicted octanol–water partition coefficient (Wildman–Crippen LogP) is 2.49. The summed E-state index contributed by atoms with van der Waals surface area (Å²) < 4.78 is 0. The van der Waals surface area contributed by atoms with Gasteiger partial charge in [-0.25, -0.2) is 5.11 Å². The molecule has 0 atom stereocenters. The highest BCUT2D eigenvalue weighted by Crippen LogP contribution is 1.76. The summed E-state index contributed by atoms with van der Waals surface area (Å²) >= 11 is 0. The second-order valence-electron chi connectivity index (χ2n) is 1.36. The van der Waals surface area contributed by atoms with E-state index in [0.29, 0.717) is 0 Å². The minimum absolute atomic E-state index is 0.698. The monoisotopic (exact) mass is 130 g/mol. The average Bonchev–Trinajstić information content (AvgIpc) is 1.91. The molecule has 53 valence electrons. The summed E-state index contributed by atoms with van der Waals surface area (Å²) in [5, 5.41) is 11.7. The van der Waals surface area contributed by atoms with Gasteiger partial charge in [-0.05, 0) is 5.53 Å². The highest BCUT2D eigenvalue weighted by Gasteiger charge is 1.56. The molecule has 0 saturated carbocycles. The van der Waals surface area contributed by atoms with Crippen LogP contribution in [0.4, 0.5) is 0 Å². The number of azide groups is 1. The number of hydrogen-bond donors (Lipinski definition) is 0. The van der Waals surface area contributed by atoms with Gasteiger partial charge in [0.2, 0.25) is 0 Å². The van der Waals surface area contributed by atoms with Crippen molar-refractivity contribution in [2.45, 2.75) is 26.7 Å². The third-order valence-corrected chi connectivity index (χ3v) is 0.621. The fraction of sp³-hybridized carbons (Fsp3) is 1.00. The van der Waals surface area contributed by atoms with Crippen molar-refractivity contribution in [3.63, 3.8) is 0 Å². The van der Waals surface area contributed by atoms with E-state index in [9.17, 15) is 0 Å². The molecular weight excluding hydrogens is 118 g/mol. The fourth-order valence-corrected chi connectivity index (χ4v) is 0.0258. The molecule has 0 saturated heterocycles. The lowest BCUT2D eigenvalue weighted by molar-refractivity contribution is 0.203. The zero-order valence-corrected chi connectivity index (χ0v) is 5.87. The molecule has 0 N–H and O–H groups in total. The van der Waals surface area contributed by atoms with Gasteiger partial charge in [0.15, 0.2) is 6.73 Å². The number of unbranched alkanes of at least 4 members (excludes halogenated alkanes) is 1. The Balaban J connectivity index is 0. The first-order valence-corrected chi connectivity index (χ1v) is 2.92. The van der Waals surface area contributed by atoms with E-state index < -0.39 is 6.73 Å². The third kappa shape index (κ3) is 39.2. The van der Waals surface area contributed by atoms with Crippen LogP contribution in [0.1, 0.15) is 26.7 Å². The Morgan fingerprint density at radius 3 is 1.89 bits per heavy atom. The van der Waals surface area contributed by atoms with Crippen molar-refractivity contribution in [2.75, 3.05) is 6.73 Å². The minimum Gasteiger partial charge on any atom is -0.230 e. The Kier molecular flexibility index (Phi) is 19.4. The maximum Gasteiger partial charge on any atom is 0.161 e. The van der Waals surface area contributed by atoms with E-state index >= 15 is 0 Å². The first kappa shape index (κ1) is 11.1. The maximum atomic E-state index is 9.11. The van der Waals surface area contributed by atoms with Gasteiger partial charge in [0.1, 0.15) is 0 Å².